The fraction of sp³-hybridized carbons (Fsp3) is 0.462. The maximum atomic E-state index is 12.1. The quantitative estimate of drug-likeness (QED) is 0.558. The smallest absolute Gasteiger partial charge is 0.324 e. The van der Waals surface area contributed by atoms with Crippen LogP contribution in [0.3, 0.4) is 0 Å². The molecule has 0 saturated carbocycles. The fourth-order valence-corrected chi connectivity index (χ4v) is 1.67. The van der Waals surface area contributed by atoms with E-state index in [9.17, 15) is 9.18 Å². The van der Waals surface area contributed by atoms with Gasteiger partial charge in [0.2, 0.25) is 0 Å². The Balaban J connectivity index is 2.55. The zero-order valence-corrected chi connectivity index (χ0v) is 11.8. The Morgan fingerprint density at radius 3 is 2.60 bits per heavy atom. The van der Waals surface area contributed by atoms with Crippen LogP contribution in [-0.4, -0.2) is 43.6 Å². The number of methoxy groups -OCH3 is 1. The standard InChI is InChI=1S/C13H17ClFNO4/c1-19-13(18)12(16-14)6-9-2-4-11(5-3-9)20-8-10(17)7-15/h2-5,10,12,16-17H,6-8H2,1H3/t10?,12-/m0/s1. The van der Waals surface area contributed by atoms with Gasteiger partial charge in [0.05, 0.1) is 7.11 Å². The molecule has 2 atom stereocenters. The van der Waals surface area contributed by atoms with Crippen LogP contribution >= 0.6 is 11.8 Å². The third kappa shape index (κ3) is 5.32. The number of hydrogen-bond donors (Lipinski definition) is 2. The molecule has 1 aromatic carbocycles. The van der Waals surface area contributed by atoms with Crippen LogP contribution in [0.25, 0.3) is 0 Å². The summed E-state index contributed by atoms with van der Waals surface area (Å²) >= 11 is 5.48. The summed E-state index contributed by atoms with van der Waals surface area (Å²) in [6, 6.07) is 6.20. The maximum Gasteiger partial charge on any atom is 0.324 e. The maximum absolute atomic E-state index is 12.1. The van der Waals surface area contributed by atoms with Crippen molar-refractivity contribution in [1.82, 2.24) is 4.84 Å². The lowest BCUT2D eigenvalue weighted by Gasteiger charge is -2.13. The topological polar surface area (TPSA) is 67.8 Å². The van der Waals surface area contributed by atoms with Crippen LogP contribution in [0.5, 0.6) is 5.75 Å². The molecule has 0 fully saturated rings. The summed E-state index contributed by atoms with van der Waals surface area (Å²) in [6.45, 7) is -0.954. The number of aliphatic hydroxyl groups excluding tert-OH is 1. The van der Waals surface area contributed by atoms with E-state index in [2.05, 4.69) is 9.57 Å². The van der Waals surface area contributed by atoms with E-state index in [0.717, 1.165) is 5.56 Å². The normalized spacial score (nSPS) is 13.6. The molecule has 7 heteroatoms. The van der Waals surface area contributed by atoms with E-state index in [-0.39, 0.29) is 6.61 Å². The largest absolute Gasteiger partial charge is 0.491 e. The number of alkyl halides is 1. The zero-order chi connectivity index (χ0) is 15.0. The predicted molar refractivity (Wildman–Crippen MR) is 72.4 cm³/mol. The van der Waals surface area contributed by atoms with Crippen molar-refractivity contribution < 1.29 is 23.8 Å². The molecule has 0 bridgehead atoms. The molecule has 0 aliphatic heterocycles. The van der Waals surface area contributed by atoms with Gasteiger partial charge in [0.15, 0.2) is 0 Å². The number of halogens is 2. The van der Waals surface area contributed by atoms with Crippen molar-refractivity contribution in [2.45, 2.75) is 18.6 Å². The van der Waals surface area contributed by atoms with Crippen LogP contribution in [0.2, 0.25) is 0 Å². The van der Waals surface area contributed by atoms with E-state index in [4.69, 9.17) is 21.6 Å². The number of nitrogens with one attached hydrogen (secondary N) is 1. The molecule has 2 N–H and O–H groups in total. The first-order chi connectivity index (χ1) is 9.60. The van der Waals surface area contributed by atoms with Crippen molar-refractivity contribution in [2.24, 2.45) is 0 Å². The molecule has 1 rings (SSSR count). The summed E-state index contributed by atoms with van der Waals surface area (Å²) in [5, 5.41) is 9.04. The molecular formula is C13H17ClFNO4. The summed E-state index contributed by atoms with van der Waals surface area (Å²) in [5.74, 6) is 0.0566. The number of esters is 1. The van der Waals surface area contributed by atoms with Crippen molar-refractivity contribution >= 4 is 17.7 Å². The average Bonchev–Trinajstić information content (AvgIpc) is 2.50. The van der Waals surface area contributed by atoms with Crippen LogP contribution in [0, 0.1) is 0 Å². The van der Waals surface area contributed by atoms with E-state index in [1.165, 1.54) is 7.11 Å². The number of rotatable bonds is 8. The second kappa shape index (κ2) is 8.73. The molecule has 0 saturated heterocycles. The van der Waals surface area contributed by atoms with E-state index in [1.54, 1.807) is 24.3 Å². The Morgan fingerprint density at radius 2 is 2.10 bits per heavy atom. The molecule has 0 amide bonds. The zero-order valence-electron chi connectivity index (χ0n) is 11.0. The minimum atomic E-state index is -1.13. The lowest BCUT2D eigenvalue weighted by atomic mass is 10.1. The van der Waals surface area contributed by atoms with Gasteiger partial charge < -0.3 is 14.6 Å². The first kappa shape index (κ1) is 16.7. The van der Waals surface area contributed by atoms with Gasteiger partial charge in [0, 0.05) is 0 Å². The van der Waals surface area contributed by atoms with E-state index in [0.29, 0.717) is 12.2 Å². The van der Waals surface area contributed by atoms with Gasteiger partial charge in [-0.2, -0.15) is 0 Å². The van der Waals surface area contributed by atoms with Gasteiger partial charge in [-0.05, 0) is 35.9 Å². The molecule has 0 aromatic heterocycles. The summed E-state index contributed by atoms with van der Waals surface area (Å²) in [4.78, 5) is 13.7. The Morgan fingerprint density at radius 1 is 1.45 bits per heavy atom. The SMILES string of the molecule is COC(=O)[C@H](Cc1ccc(OCC(O)CF)cc1)NCl. The molecule has 112 valence electrons. The Labute approximate surface area is 121 Å². The number of carbonyl (C=O) groups excluding carboxylic acids is 1. The van der Waals surface area contributed by atoms with E-state index in [1.807, 2.05) is 0 Å². The van der Waals surface area contributed by atoms with Gasteiger partial charge in [0.1, 0.15) is 31.2 Å². The second-order valence-corrected chi connectivity index (χ2v) is 4.37. The van der Waals surface area contributed by atoms with Crippen LogP contribution in [0.1, 0.15) is 5.56 Å². The van der Waals surface area contributed by atoms with Crippen molar-refractivity contribution in [3.8, 4) is 5.75 Å². The monoisotopic (exact) mass is 305 g/mol. The highest BCUT2D eigenvalue weighted by Crippen LogP contribution is 2.14. The molecule has 0 heterocycles. The molecule has 1 aromatic rings. The fourth-order valence-electron chi connectivity index (χ4n) is 1.50. The Kier molecular flexibility index (Phi) is 7.28. The first-order valence-corrected chi connectivity index (χ1v) is 6.38. The molecule has 5 nitrogen and oxygen atoms in total. The number of aliphatic hydroxyl groups is 1. The van der Waals surface area contributed by atoms with Gasteiger partial charge >= 0.3 is 5.97 Å². The van der Waals surface area contributed by atoms with Gasteiger partial charge in [0.25, 0.3) is 0 Å². The number of ether oxygens (including phenoxy) is 2. The summed E-state index contributed by atoms with van der Waals surface area (Å²) in [7, 11) is 1.29. The van der Waals surface area contributed by atoms with E-state index >= 15 is 0 Å². The minimum absolute atomic E-state index is 0.107. The number of hydrogen-bond acceptors (Lipinski definition) is 5. The number of carbonyl (C=O) groups is 1. The van der Waals surface area contributed by atoms with Crippen molar-refractivity contribution in [1.29, 1.82) is 0 Å². The minimum Gasteiger partial charge on any atom is -0.491 e. The lowest BCUT2D eigenvalue weighted by Crippen LogP contribution is -2.33. The summed E-state index contributed by atoms with van der Waals surface area (Å²) < 4.78 is 21.8. The van der Waals surface area contributed by atoms with Gasteiger partial charge in [-0.25, -0.2) is 9.23 Å². The van der Waals surface area contributed by atoms with Gasteiger partial charge in [-0.15, -0.1) is 0 Å². The van der Waals surface area contributed by atoms with Crippen LogP contribution in [-0.2, 0) is 16.0 Å². The van der Waals surface area contributed by atoms with Crippen LogP contribution in [0.4, 0.5) is 4.39 Å². The number of benzene rings is 1. The first-order valence-electron chi connectivity index (χ1n) is 6.00. The third-order valence-corrected chi connectivity index (χ3v) is 2.86. The van der Waals surface area contributed by atoms with Crippen molar-refractivity contribution in [3.63, 3.8) is 0 Å². The van der Waals surface area contributed by atoms with E-state index < -0.39 is 24.8 Å². The molecule has 0 aliphatic rings. The van der Waals surface area contributed by atoms with Crippen molar-refractivity contribution in [2.75, 3.05) is 20.4 Å². The van der Waals surface area contributed by atoms with Gasteiger partial charge in [-0.3, -0.25) is 4.79 Å². The predicted octanol–water partition coefficient (Wildman–Crippen LogP) is 1.22. The molecule has 0 spiro atoms. The van der Waals surface area contributed by atoms with Crippen molar-refractivity contribution in [3.05, 3.63) is 29.8 Å². The highest BCUT2D eigenvalue weighted by molar-refractivity contribution is 6.14. The molecule has 0 radical (unpaired) electrons. The highest BCUT2D eigenvalue weighted by atomic mass is 35.5. The molecule has 20 heavy (non-hydrogen) atoms. The molecular weight excluding hydrogens is 289 g/mol. The Hall–Kier alpha value is -1.37. The third-order valence-electron chi connectivity index (χ3n) is 2.60. The highest BCUT2D eigenvalue weighted by Gasteiger charge is 2.18. The average molecular weight is 306 g/mol. The molecule has 0 aliphatic carbocycles. The van der Waals surface area contributed by atoms with Crippen LogP contribution in [0.15, 0.2) is 24.3 Å². The van der Waals surface area contributed by atoms with Gasteiger partial charge in [-0.1, -0.05) is 12.1 Å². The second-order valence-electron chi connectivity index (χ2n) is 4.15. The van der Waals surface area contributed by atoms with Crippen LogP contribution < -0.4 is 9.57 Å². The summed E-state index contributed by atoms with van der Waals surface area (Å²) in [6.07, 6.45) is -0.761. The Bertz CT molecular complexity index is 415. The molecule has 1 unspecified atom stereocenters. The summed E-state index contributed by atoms with van der Waals surface area (Å²) in [5.41, 5.74) is 0.854. The lowest BCUT2D eigenvalue weighted by molar-refractivity contribution is -0.142.